The van der Waals surface area contributed by atoms with Crippen LogP contribution in [0.25, 0.3) is 0 Å². The van der Waals surface area contributed by atoms with Gasteiger partial charge in [-0.15, -0.1) is 0 Å². The molecule has 0 aliphatic rings. The highest BCUT2D eigenvalue weighted by atomic mass is 16.3. The van der Waals surface area contributed by atoms with Crippen LogP contribution in [0, 0.1) is 13.8 Å². The van der Waals surface area contributed by atoms with E-state index in [-0.39, 0.29) is 0 Å². The van der Waals surface area contributed by atoms with Crippen molar-refractivity contribution in [2.24, 2.45) is 0 Å². The number of anilines is 1. The summed E-state index contributed by atoms with van der Waals surface area (Å²) in [6.07, 6.45) is 1.82. The van der Waals surface area contributed by atoms with E-state index in [1.165, 1.54) is 22.4 Å². The quantitative estimate of drug-likeness (QED) is 0.892. The summed E-state index contributed by atoms with van der Waals surface area (Å²) in [6, 6.07) is 8.69. The third-order valence-electron chi connectivity index (χ3n) is 3.13. The number of furan rings is 1. The van der Waals surface area contributed by atoms with Crippen molar-refractivity contribution < 1.29 is 4.42 Å². The van der Waals surface area contributed by atoms with Gasteiger partial charge in [0.05, 0.1) is 12.8 Å². The van der Waals surface area contributed by atoms with Crippen molar-refractivity contribution in [1.29, 1.82) is 0 Å². The van der Waals surface area contributed by atoms with E-state index in [0.717, 1.165) is 18.8 Å². The molecule has 0 bridgehead atoms. The van der Waals surface area contributed by atoms with Crippen molar-refractivity contribution in [2.75, 3.05) is 19.0 Å². The predicted octanol–water partition coefficient (Wildman–Crippen LogP) is 3.25. The Bertz CT molecular complexity index is 525. The number of hydrogen-bond acceptors (Lipinski definition) is 3. The van der Waals surface area contributed by atoms with Crippen LogP contribution in [0.4, 0.5) is 5.69 Å². The lowest BCUT2D eigenvalue weighted by Gasteiger charge is -2.19. The van der Waals surface area contributed by atoms with E-state index in [1.54, 1.807) is 0 Å². The fourth-order valence-corrected chi connectivity index (χ4v) is 2.30. The van der Waals surface area contributed by atoms with Gasteiger partial charge in [-0.25, -0.2) is 0 Å². The van der Waals surface area contributed by atoms with Gasteiger partial charge in [0, 0.05) is 24.8 Å². The van der Waals surface area contributed by atoms with Crippen LogP contribution < -0.4 is 10.2 Å². The number of hydrogen-bond donors (Lipinski definition) is 1. The number of benzene rings is 1. The van der Waals surface area contributed by atoms with E-state index in [2.05, 4.69) is 55.4 Å². The Balaban J connectivity index is 2.08. The highest BCUT2D eigenvalue weighted by Gasteiger charge is 2.07. The molecule has 19 heavy (non-hydrogen) atoms. The van der Waals surface area contributed by atoms with Crippen LogP contribution in [0.2, 0.25) is 0 Å². The van der Waals surface area contributed by atoms with Gasteiger partial charge in [0.25, 0.3) is 0 Å². The lowest BCUT2D eigenvalue weighted by Crippen LogP contribution is -2.16. The molecule has 0 saturated carbocycles. The minimum Gasteiger partial charge on any atom is -0.467 e. The number of aryl methyl sites for hydroxylation is 2. The molecule has 102 valence electrons. The van der Waals surface area contributed by atoms with Gasteiger partial charge >= 0.3 is 0 Å². The van der Waals surface area contributed by atoms with Crippen molar-refractivity contribution in [2.45, 2.75) is 26.9 Å². The summed E-state index contributed by atoms with van der Waals surface area (Å²) < 4.78 is 5.59. The molecule has 2 rings (SSSR count). The minimum atomic E-state index is 0.784. The summed E-state index contributed by atoms with van der Waals surface area (Å²) in [5, 5.41) is 3.12. The summed E-state index contributed by atoms with van der Waals surface area (Å²) in [7, 11) is 4.03. The lowest BCUT2D eigenvalue weighted by molar-refractivity contribution is 0.505. The van der Waals surface area contributed by atoms with Gasteiger partial charge in [-0.1, -0.05) is 6.07 Å². The Morgan fingerprint density at radius 2 is 1.79 bits per heavy atom. The average molecular weight is 258 g/mol. The topological polar surface area (TPSA) is 28.4 Å². The first kappa shape index (κ1) is 13.7. The van der Waals surface area contributed by atoms with Crippen molar-refractivity contribution >= 4 is 5.69 Å². The molecule has 0 fully saturated rings. The summed E-state index contributed by atoms with van der Waals surface area (Å²) in [4.78, 5) is 2.21. The third-order valence-corrected chi connectivity index (χ3v) is 3.13. The fourth-order valence-electron chi connectivity index (χ4n) is 2.30. The van der Waals surface area contributed by atoms with Crippen LogP contribution in [-0.2, 0) is 13.1 Å². The van der Waals surface area contributed by atoms with Crippen molar-refractivity contribution in [1.82, 2.24) is 5.32 Å². The van der Waals surface area contributed by atoms with Crippen LogP contribution in [0.5, 0.6) is 0 Å². The molecule has 0 aliphatic heterocycles. The molecule has 3 nitrogen and oxygen atoms in total. The Kier molecular flexibility index (Phi) is 4.27. The largest absolute Gasteiger partial charge is 0.467 e. The molecule has 0 atom stereocenters. The molecule has 0 aliphatic carbocycles. The molecule has 0 amide bonds. The normalized spacial score (nSPS) is 10.7. The van der Waals surface area contributed by atoms with Gasteiger partial charge in [0.1, 0.15) is 5.76 Å². The lowest BCUT2D eigenvalue weighted by atomic mass is 10.1. The summed E-state index contributed by atoms with van der Waals surface area (Å²) in [5.41, 5.74) is 4.99. The predicted molar refractivity (Wildman–Crippen MR) is 79.5 cm³/mol. The number of rotatable bonds is 5. The maximum absolute atomic E-state index is 5.59. The maximum Gasteiger partial charge on any atom is 0.123 e. The van der Waals surface area contributed by atoms with E-state index in [0.29, 0.717) is 0 Å². The molecule has 3 heteroatoms. The first-order valence-corrected chi connectivity index (χ1v) is 6.59. The molecule has 1 aromatic heterocycles. The van der Waals surface area contributed by atoms with Crippen molar-refractivity contribution in [3.8, 4) is 0 Å². The van der Waals surface area contributed by atoms with Crippen LogP contribution in [0.3, 0.4) is 0 Å². The highest BCUT2D eigenvalue weighted by Crippen LogP contribution is 2.20. The van der Waals surface area contributed by atoms with Gasteiger partial charge in [-0.2, -0.15) is 0 Å². The zero-order chi connectivity index (χ0) is 13.8. The first-order chi connectivity index (χ1) is 9.08. The second-order valence-corrected chi connectivity index (χ2v) is 5.15. The Morgan fingerprint density at radius 3 is 2.42 bits per heavy atom. The van der Waals surface area contributed by atoms with Gasteiger partial charge in [-0.3, -0.25) is 0 Å². The Morgan fingerprint density at radius 1 is 1.11 bits per heavy atom. The second kappa shape index (κ2) is 5.93. The highest BCUT2D eigenvalue weighted by molar-refractivity contribution is 5.50. The molecule has 0 spiro atoms. The van der Waals surface area contributed by atoms with Gasteiger partial charge < -0.3 is 14.6 Å². The molecule has 1 aromatic carbocycles. The van der Waals surface area contributed by atoms with E-state index in [4.69, 9.17) is 4.42 Å². The standard InChI is InChI=1S/C16H22N2O/c1-12-5-13(2)7-15(6-12)18(4)10-16-8-14(9-17-3)11-19-16/h5-8,11,17H,9-10H2,1-4H3. The monoisotopic (exact) mass is 258 g/mol. The molecular formula is C16H22N2O. The summed E-state index contributed by atoms with van der Waals surface area (Å²) >= 11 is 0. The second-order valence-electron chi connectivity index (χ2n) is 5.15. The molecule has 2 aromatic rings. The summed E-state index contributed by atoms with van der Waals surface area (Å²) in [6.45, 7) is 5.88. The molecule has 0 radical (unpaired) electrons. The molecule has 1 N–H and O–H groups in total. The van der Waals surface area contributed by atoms with Crippen LogP contribution in [0.1, 0.15) is 22.5 Å². The van der Waals surface area contributed by atoms with Crippen LogP contribution >= 0.6 is 0 Å². The Labute approximate surface area is 115 Å². The SMILES string of the molecule is CNCc1coc(CN(C)c2cc(C)cc(C)c2)c1. The number of nitrogens with zero attached hydrogens (tertiary/aromatic N) is 1. The summed E-state index contributed by atoms with van der Waals surface area (Å²) in [5.74, 6) is 0.993. The van der Waals surface area contributed by atoms with E-state index in [9.17, 15) is 0 Å². The molecule has 0 unspecified atom stereocenters. The van der Waals surface area contributed by atoms with Gasteiger partial charge in [0.15, 0.2) is 0 Å². The molecule has 0 saturated heterocycles. The third kappa shape index (κ3) is 3.61. The minimum absolute atomic E-state index is 0.784. The van der Waals surface area contributed by atoms with E-state index >= 15 is 0 Å². The first-order valence-electron chi connectivity index (χ1n) is 6.59. The van der Waals surface area contributed by atoms with Gasteiger partial charge in [0.2, 0.25) is 0 Å². The molecular weight excluding hydrogens is 236 g/mol. The zero-order valence-electron chi connectivity index (χ0n) is 12.2. The molecule has 1 heterocycles. The van der Waals surface area contributed by atoms with Gasteiger partial charge in [-0.05, 0) is 50.2 Å². The zero-order valence-corrected chi connectivity index (χ0v) is 12.2. The van der Waals surface area contributed by atoms with Crippen LogP contribution in [0.15, 0.2) is 34.9 Å². The van der Waals surface area contributed by atoms with E-state index in [1.807, 2.05) is 13.3 Å². The van der Waals surface area contributed by atoms with E-state index < -0.39 is 0 Å². The van der Waals surface area contributed by atoms with Crippen molar-refractivity contribution in [3.05, 3.63) is 53.0 Å². The number of nitrogens with one attached hydrogen (secondary N) is 1. The Hall–Kier alpha value is -1.74. The van der Waals surface area contributed by atoms with Crippen LogP contribution in [-0.4, -0.2) is 14.1 Å². The fraction of sp³-hybridized carbons (Fsp3) is 0.375. The average Bonchev–Trinajstić information content (AvgIpc) is 2.76. The maximum atomic E-state index is 5.59. The smallest absolute Gasteiger partial charge is 0.123 e. The van der Waals surface area contributed by atoms with Crippen molar-refractivity contribution in [3.63, 3.8) is 0 Å².